The molecule has 0 radical (unpaired) electrons. The fourth-order valence-corrected chi connectivity index (χ4v) is 2.18. The SMILES string of the molecule is Cn1cc(-c2nnc(Nc3ccccc3)s2)nn1. The number of benzene rings is 1. The van der Waals surface area contributed by atoms with Gasteiger partial charge in [0.2, 0.25) is 5.13 Å². The Kier molecular flexibility index (Phi) is 2.73. The molecular weight excluding hydrogens is 248 g/mol. The van der Waals surface area contributed by atoms with Crippen molar-refractivity contribution in [2.24, 2.45) is 7.05 Å². The van der Waals surface area contributed by atoms with Gasteiger partial charge in [0, 0.05) is 12.7 Å². The summed E-state index contributed by atoms with van der Waals surface area (Å²) in [5.74, 6) is 0. The molecule has 0 atom stereocenters. The van der Waals surface area contributed by atoms with E-state index in [4.69, 9.17) is 0 Å². The van der Waals surface area contributed by atoms with Crippen LogP contribution in [0.1, 0.15) is 0 Å². The van der Waals surface area contributed by atoms with Gasteiger partial charge in [-0.2, -0.15) is 0 Å². The van der Waals surface area contributed by atoms with Gasteiger partial charge in [-0.15, -0.1) is 15.3 Å². The highest BCUT2D eigenvalue weighted by atomic mass is 32.1. The van der Waals surface area contributed by atoms with Crippen molar-refractivity contribution in [1.82, 2.24) is 25.2 Å². The number of hydrogen-bond donors (Lipinski definition) is 1. The largest absolute Gasteiger partial charge is 0.330 e. The van der Waals surface area contributed by atoms with Gasteiger partial charge in [-0.3, -0.25) is 4.68 Å². The molecule has 90 valence electrons. The number of nitrogens with one attached hydrogen (secondary N) is 1. The van der Waals surface area contributed by atoms with E-state index in [0.29, 0.717) is 0 Å². The van der Waals surface area contributed by atoms with Crippen LogP contribution in [0.2, 0.25) is 0 Å². The number of aromatic nitrogens is 5. The first kappa shape index (κ1) is 10.8. The molecule has 0 bridgehead atoms. The first-order valence-electron chi connectivity index (χ1n) is 5.33. The van der Waals surface area contributed by atoms with E-state index in [1.807, 2.05) is 43.6 Å². The number of nitrogens with zero attached hydrogens (tertiary/aromatic N) is 5. The number of aryl methyl sites for hydroxylation is 1. The van der Waals surface area contributed by atoms with E-state index in [2.05, 4.69) is 25.8 Å². The summed E-state index contributed by atoms with van der Waals surface area (Å²) in [5, 5.41) is 20.7. The van der Waals surface area contributed by atoms with Crippen LogP contribution < -0.4 is 5.32 Å². The monoisotopic (exact) mass is 258 g/mol. The Morgan fingerprint density at radius 1 is 1.11 bits per heavy atom. The highest BCUT2D eigenvalue weighted by Crippen LogP contribution is 2.26. The molecule has 0 amide bonds. The Hall–Kier alpha value is -2.28. The molecule has 7 heteroatoms. The van der Waals surface area contributed by atoms with Crippen LogP contribution in [-0.2, 0) is 7.05 Å². The summed E-state index contributed by atoms with van der Waals surface area (Å²) in [6.45, 7) is 0. The number of anilines is 2. The lowest BCUT2D eigenvalue weighted by Crippen LogP contribution is -1.87. The molecule has 1 aromatic carbocycles. The third-order valence-corrected chi connectivity index (χ3v) is 3.13. The normalized spacial score (nSPS) is 10.5. The second-order valence-electron chi connectivity index (χ2n) is 3.68. The van der Waals surface area contributed by atoms with Crippen LogP contribution in [0.5, 0.6) is 0 Å². The summed E-state index contributed by atoms with van der Waals surface area (Å²) in [6.07, 6.45) is 1.81. The molecule has 0 spiro atoms. The van der Waals surface area contributed by atoms with Crippen LogP contribution in [-0.4, -0.2) is 25.2 Å². The van der Waals surface area contributed by atoms with Crippen molar-refractivity contribution in [1.29, 1.82) is 0 Å². The van der Waals surface area contributed by atoms with Crippen LogP contribution in [0.25, 0.3) is 10.7 Å². The van der Waals surface area contributed by atoms with Crippen molar-refractivity contribution in [3.05, 3.63) is 36.5 Å². The van der Waals surface area contributed by atoms with Gasteiger partial charge in [0.15, 0.2) is 5.01 Å². The maximum Gasteiger partial charge on any atom is 0.210 e. The van der Waals surface area contributed by atoms with Crippen LogP contribution >= 0.6 is 11.3 Å². The highest BCUT2D eigenvalue weighted by Gasteiger charge is 2.09. The van der Waals surface area contributed by atoms with Crippen LogP contribution in [0.15, 0.2) is 36.5 Å². The van der Waals surface area contributed by atoms with Crippen LogP contribution in [0, 0.1) is 0 Å². The Morgan fingerprint density at radius 2 is 1.94 bits per heavy atom. The molecule has 6 nitrogen and oxygen atoms in total. The molecule has 2 aromatic heterocycles. The highest BCUT2D eigenvalue weighted by molar-refractivity contribution is 7.18. The van der Waals surface area contributed by atoms with E-state index in [9.17, 15) is 0 Å². The third kappa shape index (κ3) is 2.21. The molecule has 3 aromatic rings. The lowest BCUT2D eigenvalue weighted by molar-refractivity contribution is 0.715. The summed E-state index contributed by atoms with van der Waals surface area (Å²) < 4.78 is 1.64. The van der Waals surface area contributed by atoms with E-state index in [1.54, 1.807) is 4.68 Å². The Bertz CT molecular complexity index is 644. The van der Waals surface area contributed by atoms with Crippen molar-refractivity contribution in [2.75, 3.05) is 5.32 Å². The van der Waals surface area contributed by atoms with Crippen molar-refractivity contribution >= 4 is 22.2 Å². The zero-order valence-corrected chi connectivity index (χ0v) is 10.4. The third-order valence-electron chi connectivity index (χ3n) is 2.27. The predicted molar refractivity (Wildman–Crippen MR) is 69.6 cm³/mol. The molecule has 1 N–H and O–H groups in total. The van der Waals surface area contributed by atoms with E-state index in [0.717, 1.165) is 21.5 Å². The maximum atomic E-state index is 4.09. The van der Waals surface area contributed by atoms with Gasteiger partial charge in [0.1, 0.15) is 5.69 Å². The van der Waals surface area contributed by atoms with Gasteiger partial charge >= 0.3 is 0 Å². The Morgan fingerprint density at radius 3 is 2.67 bits per heavy atom. The zero-order valence-electron chi connectivity index (χ0n) is 9.61. The summed E-state index contributed by atoms with van der Waals surface area (Å²) >= 11 is 1.44. The first-order chi connectivity index (χ1) is 8.81. The summed E-state index contributed by atoms with van der Waals surface area (Å²) in [6, 6.07) is 9.85. The van der Waals surface area contributed by atoms with Gasteiger partial charge in [0.25, 0.3) is 0 Å². The minimum atomic E-state index is 0.733. The van der Waals surface area contributed by atoms with Crippen LogP contribution in [0.4, 0.5) is 10.8 Å². The van der Waals surface area contributed by atoms with E-state index < -0.39 is 0 Å². The van der Waals surface area contributed by atoms with E-state index >= 15 is 0 Å². The summed E-state index contributed by atoms with van der Waals surface area (Å²) in [4.78, 5) is 0. The quantitative estimate of drug-likeness (QED) is 0.779. The summed E-state index contributed by atoms with van der Waals surface area (Å²) in [5.41, 5.74) is 1.72. The second kappa shape index (κ2) is 4.53. The Labute approximate surface area is 107 Å². The molecule has 0 aliphatic rings. The predicted octanol–water partition coefficient (Wildman–Crippen LogP) is 2.08. The van der Waals surface area contributed by atoms with E-state index in [1.165, 1.54) is 11.3 Å². The molecule has 0 aliphatic heterocycles. The maximum absolute atomic E-state index is 4.09. The zero-order chi connectivity index (χ0) is 12.4. The van der Waals surface area contributed by atoms with Gasteiger partial charge in [-0.1, -0.05) is 34.7 Å². The molecule has 0 saturated heterocycles. The minimum absolute atomic E-state index is 0.733. The topological polar surface area (TPSA) is 68.5 Å². The fraction of sp³-hybridized carbons (Fsp3) is 0.0909. The average Bonchev–Trinajstić information content (AvgIpc) is 2.99. The lowest BCUT2D eigenvalue weighted by atomic mass is 10.3. The molecule has 3 rings (SSSR count). The lowest BCUT2D eigenvalue weighted by Gasteiger charge is -1.99. The molecule has 18 heavy (non-hydrogen) atoms. The first-order valence-corrected chi connectivity index (χ1v) is 6.15. The number of rotatable bonds is 3. The van der Waals surface area contributed by atoms with Crippen molar-refractivity contribution < 1.29 is 0 Å². The Balaban J connectivity index is 1.82. The number of hydrogen-bond acceptors (Lipinski definition) is 6. The van der Waals surface area contributed by atoms with Crippen molar-refractivity contribution in [3.8, 4) is 10.7 Å². The van der Waals surface area contributed by atoms with Gasteiger partial charge in [-0.25, -0.2) is 0 Å². The smallest absolute Gasteiger partial charge is 0.210 e. The van der Waals surface area contributed by atoms with E-state index in [-0.39, 0.29) is 0 Å². The van der Waals surface area contributed by atoms with Crippen molar-refractivity contribution in [2.45, 2.75) is 0 Å². The van der Waals surface area contributed by atoms with Gasteiger partial charge in [0.05, 0.1) is 6.20 Å². The van der Waals surface area contributed by atoms with Gasteiger partial charge < -0.3 is 5.32 Å². The van der Waals surface area contributed by atoms with Gasteiger partial charge in [-0.05, 0) is 12.1 Å². The number of para-hydroxylation sites is 1. The second-order valence-corrected chi connectivity index (χ2v) is 4.66. The molecule has 0 unspecified atom stereocenters. The van der Waals surface area contributed by atoms with Crippen molar-refractivity contribution in [3.63, 3.8) is 0 Å². The molecule has 2 heterocycles. The summed E-state index contributed by atoms with van der Waals surface area (Å²) in [7, 11) is 1.82. The molecule has 0 saturated carbocycles. The fourth-order valence-electron chi connectivity index (χ4n) is 1.47. The molecular formula is C11H10N6S. The molecule has 0 fully saturated rings. The molecule has 0 aliphatic carbocycles. The average molecular weight is 258 g/mol. The standard InChI is InChI=1S/C11H10N6S/c1-17-7-9(13-16-17)10-14-15-11(18-10)12-8-5-3-2-4-6-8/h2-7H,1H3,(H,12,15). The van der Waals surface area contributed by atoms with Crippen LogP contribution in [0.3, 0.4) is 0 Å². The minimum Gasteiger partial charge on any atom is -0.330 e.